The van der Waals surface area contributed by atoms with Crippen molar-refractivity contribution in [3.8, 4) is 17.2 Å². The molecular weight excluding hydrogens is 444 g/mol. The Morgan fingerprint density at radius 1 is 1.14 bits per heavy atom. The predicted molar refractivity (Wildman–Crippen MR) is 111 cm³/mol. The summed E-state index contributed by atoms with van der Waals surface area (Å²) in [5.74, 6) is 0.574. The van der Waals surface area contributed by atoms with Crippen molar-refractivity contribution in [1.29, 1.82) is 0 Å². The third kappa shape index (κ3) is 6.49. The van der Waals surface area contributed by atoms with Crippen LogP contribution in [0.4, 0.5) is 0 Å². The zero-order chi connectivity index (χ0) is 21.2. The molecule has 0 radical (unpaired) electrons. The summed E-state index contributed by atoms with van der Waals surface area (Å²) in [6, 6.07) is 10.1. The number of hydrogen-bond acceptors (Lipinski definition) is 7. The molecule has 2 rings (SSSR count). The predicted octanol–water partition coefficient (Wildman–Crippen LogP) is 3.17. The highest BCUT2D eigenvalue weighted by molar-refractivity contribution is 9.10. The third-order valence-electron chi connectivity index (χ3n) is 3.62. The fourth-order valence-corrected chi connectivity index (χ4v) is 2.82. The topological polar surface area (TPSA) is 95.5 Å². The molecule has 0 spiro atoms. The minimum Gasteiger partial charge on any atom is -0.494 e. The van der Waals surface area contributed by atoms with Gasteiger partial charge in [-0.05, 0) is 64.8 Å². The lowest BCUT2D eigenvalue weighted by atomic mass is 10.2. The summed E-state index contributed by atoms with van der Waals surface area (Å²) in [5, 5.41) is 3.96. The maximum atomic E-state index is 12.2. The Kier molecular flexibility index (Phi) is 8.47. The van der Waals surface area contributed by atoms with Crippen molar-refractivity contribution < 1.29 is 28.5 Å². The van der Waals surface area contributed by atoms with E-state index < -0.39 is 5.97 Å². The van der Waals surface area contributed by atoms with E-state index in [0.29, 0.717) is 39.5 Å². The van der Waals surface area contributed by atoms with Gasteiger partial charge in [-0.15, -0.1) is 0 Å². The normalized spacial score (nSPS) is 10.5. The molecule has 9 heteroatoms. The summed E-state index contributed by atoms with van der Waals surface area (Å²) in [7, 11) is 2.75. The number of esters is 1. The van der Waals surface area contributed by atoms with Crippen LogP contribution < -0.4 is 19.6 Å². The number of halogens is 1. The number of benzene rings is 2. The lowest BCUT2D eigenvalue weighted by Gasteiger charge is -2.12. The highest BCUT2D eigenvalue weighted by Gasteiger charge is 2.13. The third-order valence-corrected chi connectivity index (χ3v) is 4.21. The number of nitrogens with zero attached hydrogens (tertiary/aromatic N) is 1. The SMILES string of the molecule is CCOc1ccc(C(=O)N/N=C/c2cc(Br)c(OCC(=O)OC)c(OC)c2)cc1. The average Bonchev–Trinajstić information content (AvgIpc) is 2.73. The van der Waals surface area contributed by atoms with Gasteiger partial charge in [0.1, 0.15) is 5.75 Å². The molecule has 0 aliphatic heterocycles. The fraction of sp³-hybridized carbons (Fsp3) is 0.250. The van der Waals surface area contributed by atoms with Crippen molar-refractivity contribution in [3.05, 3.63) is 52.0 Å². The van der Waals surface area contributed by atoms with Crippen molar-refractivity contribution in [2.75, 3.05) is 27.4 Å². The number of amides is 1. The molecule has 1 N–H and O–H groups in total. The summed E-state index contributed by atoms with van der Waals surface area (Å²) >= 11 is 3.37. The Hall–Kier alpha value is -3.07. The number of hydrogen-bond donors (Lipinski definition) is 1. The van der Waals surface area contributed by atoms with E-state index in [0.717, 1.165) is 0 Å². The monoisotopic (exact) mass is 464 g/mol. The molecule has 154 valence electrons. The van der Waals surface area contributed by atoms with E-state index in [-0.39, 0.29) is 12.5 Å². The van der Waals surface area contributed by atoms with Gasteiger partial charge in [0, 0.05) is 5.56 Å². The van der Waals surface area contributed by atoms with Crippen molar-refractivity contribution in [2.24, 2.45) is 5.10 Å². The Labute approximate surface area is 176 Å². The quantitative estimate of drug-likeness (QED) is 0.347. The van der Waals surface area contributed by atoms with Crippen LogP contribution in [0, 0.1) is 0 Å². The second-order valence-electron chi connectivity index (χ2n) is 5.56. The van der Waals surface area contributed by atoms with E-state index in [9.17, 15) is 9.59 Å². The van der Waals surface area contributed by atoms with Gasteiger partial charge in [-0.2, -0.15) is 5.10 Å². The summed E-state index contributed by atoms with van der Waals surface area (Å²) in [5.41, 5.74) is 3.56. The Bertz CT molecular complexity index is 883. The van der Waals surface area contributed by atoms with E-state index in [1.807, 2.05) is 6.92 Å². The Balaban J connectivity index is 2.04. The fourth-order valence-electron chi connectivity index (χ4n) is 2.24. The summed E-state index contributed by atoms with van der Waals surface area (Å²) < 4.78 is 21.2. The second kappa shape index (κ2) is 11.1. The van der Waals surface area contributed by atoms with Gasteiger partial charge in [0.2, 0.25) is 0 Å². The summed E-state index contributed by atoms with van der Waals surface area (Å²) in [4.78, 5) is 23.4. The van der Waals surface area contributed by atoms with Crippen molar-refractivity contribution in [1.82, 2.24) is 5.43 Å². The van der Waals surface area contributed by atoms with E-state index in [4.69, 9.17) is 14.2 Å². The number of nitrogens with one attached hydrogen (secondary N) is 1. The Morgan fingerprint density at radius 2 is 1.86 bits per heavy atom. The van der Waals surface area contributed by atoms with Gasteiger partial charge in [-0.25, -0.2) is 10.2 Å². The highest BCUT2D eigenvalue weighted by atomic mass is 79.9. The molecule has 29 heavy (non-hydrogen) atoms. The van der Waals surface area contributed by atoms with Gasteiger partial charge in [-0.1, -0.05) is 0 Å². The van der Waals surface area contributed by atoms with Crippen molar-refractivity contribution in [3.63, 3.8) is 0 Å². The Morgan fingerprint density at radius 3 is 2.48 bits per heavy atom. The molecule has 0 aromatic heterocycles. The molecular formula is C20H21BrN2O6. The molecule has 0 aliphatic rings. The van der Waals surface area contributed by atoms with Crippen LogP contribution in [-0.4, -0.2) is 45.5 Å². The van der Waals surface area contributed by atoms with Gasteiger partial charge >= 0.3 is 5.97 Å². The number of hydrazone groups is 1. The maximum absolute atomic E-state index is 12.2. The van der Waals surface area contributed by atoms with Gasteiger partial charge in [0.05, 0.1) is 31.5 Å². The highest BCUT2D eigenvalue weighted by Crippen LogP contribution is 2.36. The lowest BCUT2D eigenvalue weighted by Crippen LogP contribution is -2.17. The molecule has 0 saturated heterocycles. The van der Waals surface area contributed by atoms with Gasteiger partial charge < -0.3 is 18.9 Å². The first-order valence-corrected chi connectivity index (χ1v) is 9.41. The average molecular weight is 465 g/mol. The molecule has 0 atom stereocenters. The minimum atomic E-state index is -0.512. The van der Waals surface area contributed by atoms with Crippen LogP contribution in [0.1, 0.15) is 22.8 Å². The van der Waals surface area contributed by atoms with Crippen molar-refractivity contribution >= 4 is 34.0 Å². The first-order valence-electron chi connectivity index (χ1n) is 8.61. The smallest absolute Gasteiger partial charge is 0.343 e. The van der Waals surface area contributed by atoms with Crippen LogP contribution in [-0.2, 0) is 9.53 Å². The number of carbonyl (C=O) groups is 2. The van der Waals surface area contributed by atoms with Crippen LogP contribution in [0.3, 0.4) is 0 Å². The summed E-state index contributed by atoms with van der Waals surface area (Å²) in [6.45, 7) is 2.19. The largest absolute Gasteiger partial charge is 0.494 e. The van der Waals surface area contributed by atoms with Crippen LogP contribution in [0.2, 0.25) is 0 Å². The first-order chi connectivity index (χ1) is 14.0. The molecule has 0 fully saturated rings. The number of carbonyl (C=O) groups excluding carboxylic acids is 2. The maximum Gasteiger partial charge on any atom is 0.343 e. The lowest BCUT2D eigenvalue weighted by molar-refractivity contribution is -0.142. The molecule has 0 aliphatic carbocycles. The molecule has 2 aromatic carbocycles. The second-order valence-corrected chi connectivity index (χ2v) is 6.41. The van der Waals surface area contributed by atoms with Crippen LogP contribution in [0.5, 0.6) is 17.2 Å². The molecule has 0 bridgehead atoms. The minimum absolute atomic E-state index is 0.253. The zero-order valence-corrected chi connectivity index (χ0v) is 17.8. The van der Waals surface area contributed by atoms with E-state index >= 15 is 0 Å². The molecule has 0 unspecified atom stereocenters. The molecule has 1 amide bonds. The molecule has 0 saturated carbocycles. The van der Waals surface area contributed by atoms with Crippen LogP contribution >= 0.6 is 15.9 Å². The zero-order valence-electron chi connectivity index (χ0n) is 16.2. The number of methoxy groups -OCH3 is 2. The van der Waals surface area contributed by atoms with Gasteiger partial charge in [-0.3, -0.25) is 4.79 Å². The number of ether oxygens (including phenoxy) is 4. The van der Waals surface area contributed by atoms with Crippen LogP contribution in [0.25, 0.3) is 0 Å². The van der Waals surface area contributed by atoms with Crippen molar-refractivity contribution in [2.45, 2.75) is 6.92 Å². The first kappa shape index (κ1) is 22.2. The van der Waals surface area contributed by atoms with Gasteiger partial charge in [0.25, 0.3) is 5.91 Å². The van der Waals surface area contributed by atoms with E-state index in [1.165, 1.54) is 20.4 Å². The number of rotatable bonds is 9. The molecule has 0 heterocycles. The van der Waals surface area contributed by atoms with E-state index in [2.05, 4.69) is 31.2 Å². The van der Waals surface area contributed by atoms with Gasteiger partial charge in [0.15, 0.2) is 18.1 Å². The van der Waals surface area contributed by atoms with E-state index in [1.54, 1.807) is 36.4 Å². The standard InChI is InChI=1S/C20H21BrN2O6/c1-4-28-15-7-5-14(6-8-15)20(25)23-22-11-13-9-16(21)19(17(10-13)26-2)29-12-18(24)27-3/h5-11H,4,12H2,1-3H3,(H,23,25)/b22-11+. The summed E-state index contributed by atoms with van der Waals surface area (Å²) in [6.07, 6.45) is 1.46. The van der Waals surface area contributed by atoms with Crippen LogP contribution in [0.15, 0.2) is 46.0 Å². The molecule has 8 nitrogen and oxygen atoms in total. The molecule has 2 aromatic rings.